The summed E-state index contributed by atoms with van der Waals surface area (Å²) in [6, 6.07) is 18.4. The fourth-order valence-corrected chi connectivity index (χ4v) is 5.15. The van der Waals surface area contributed by atoms with Crippen LogP contribution in [0.15, 0.2) is 54.6 Å². The molecule has 5 heteroatoms. The smallest absolute Gasteiger partial charge is 0.251 e. The van der Waals surface area contributed by atoms with Crippen LogP contribution in [0, 0.1) is 0 Å². The zero-order valence-electron chi connectivity index (χ0n) is 16.7. The average molecular weight is 389 g/mol. The van der Waals surface area contributed by atoms with Crippen molar-refractivity contribution >= 4 is 17.5 Å². The van der Waals surface area contributed by atoms with E-state index >= 15 is 0 Å². The molecule has 0 spiro atoms. The molecule has 0 radical (unpaired) electrons. The van der Waals surface area contributed by atoms with Crippen LogP contribution in [0.3, 0.4) is 0 Å². The van der Waals surface area contributed by atoms with E-state index in [2.05, 4.69) is 34.1 Å². The minimum absolute atomic E-state index is 0.0683. The Kier molecular flexibility index (Phi) is 4.94. The second-order valence-corrected chi connectivity index (χ2v) is 8.36. The lowest BCUT2D eigenvalue weighted by atomic mass is 9.87. The summed E-state index contributed by atoms with van der Waals surface area (Å²) in [5, 5.41) is 0. The summed E-state index contributed by atoms with van der Waals surface area (Å²) in [7, 11) is 0. The van der Waals surface area contributed by atoms with Crippen molar-refractivity contribution in [2.24, 2.45) is 0 Å². The lowest BCUT2D eigenvalue weighted by Gasteiger charge is -2.42. The van der Waals surface area contributed by atoms with Gasteiger partial charge in [-0.2, -0.15) is 0 Å². The molecule has 2 aliphatic heterocycles. The van der Waals surface area contributed by atoms with E-state index in [4.69, 9.17) is 0 Å². The highest BCUT2D eigenvalue weighted by Crippen LogP contribution is 2.28. The van der Waals surface area contributed by atoms with Crippen molar-refractivity contribution in [2.45, 2.75) is 37.8 Å². The fourth-order valence-electron chi connectivity index (χ4n) is 5.15. The monoisotopic (exact) mass is 389 g/mol. The van der Waals surface area contributed by atoms with E-state index in [0.29, 0.717) is 18.2 Å². The quantitative estimate of drug-likeness (QED) is 0.757. The zero-order chi connectivity index (χ0) is 19.8. The Hall–Kier alpha value is -2.50. The van der Waals surface area contributed by atoms with Crippen molar-refractivity contribution in [3.8, 4) is 0 Å². The fraction of sp³-hybridized carbons (Fsp3) is 0.417. The number of rotatable bonds is 3. The number of hydrogen-bond acceptors (Lipinski definition) is 4. The van der Waals surface area contributed by atoms with Gasteiger partial charge in [0.2, 0.25) is 5.91 Å². The molecule has 2 fully saturated rings. The van der Waals surface area contributed by atoms with Crippen LogP contribution in [-0.2, 0) is 22.4 Å². The van der Waals surface area contributed by atoms with Crippen LogP contribution in [0.25, 0.3) is 0 Å². The summed E-state index contributed by atoms with van der Waals surface area (Å²) >= 11 is 0. The van der Waals surface area contributed by atoms with E-state index in [9.17, 15) is 9.59 Å². The van der Waals surface area contributed by atoms with Gasteiger partial charge < -0.3 is 0 Å². The number of hydrogen-bond donors (Lipinski definition) is 0. The molecule has 150 valence electrons. The highest BCUT2D eigenvalue weighted by atomic mass is 16.2. The van der Waals surface area contributed by atoms with Crippen LogP contribution < -0.4 is 4.90 Å². The third-order valence-electron chi connectivity index (χ3n) is 6.76. The Morgan fingerprint density at radius 1 is 0.724 bits per heavy atom. The number of amides is 2. The first-order chi connectivity index (χ1) is 14.2. The minimum atomic E-state index is -0.308. The minimum Gasteiger partial charge on any atom is -0.298 e. The van der Waals surface area contributed by atoms with Gasteiger partial charge in [-0.1, -0.05) is 42.5 Å². The largest absolute Gasteiger partial charge is 0.298 e. The van der Waals surface area contributed by atoms with Crippen molar-refractivity contribution < 1.29 is 9.59 Å². The summed E-state index contributed by atoms with van der Waals surface area (Å²) in [6.07, 6.45) is 3.78. The molecule has 0 saturated carbocycles. The molecule has 0 unspecified atom stereocenters. The number of carbonyl (C=O) groups excluding carboxylic acids is 2. The SMILES string of the molecule is O=C1C[C@@H](N2CCN([C@H]3CCc4ccccc4C3)CC2)C(=O)N1c1ccccc1. The van der Waals surface area contributed by atoms with Gasteiger partial charge in [-0.15, -0.1) is 0 Å². The van der Waals surface area contributed by atoms with Crippen LogP contribution in [0.1, 0.15) is 24.0 Å². The molecule has 2 aromatic carbocycles. The summed E-state index contributed by atoms with van der Waals surface area (Å²) < 4.78 is 0. The van der Waals surface area contributed by atoms with E-state index in [0.717, 1.165) is 39.0 Å². The molecular formula is C24H27N3O2. The molecule has 2 saturated heterocycles. The molecule has 0 aromatic heterocycles. The highest BCUT2D eigenvalue weighted by molar-refractivity contribution is 6.22. The van der Waals surface area contributed by atoms with Gasteiger partial charge in [0.25, 0.3) is 5.91 Å². The van der Waals surface area contributed by atoms with Crippen LogP contribution in [0.5, 0.6) is 0 Å². The number of carbonyl (C=O) groups is 2. The predicted octanol–water partition coefficient (Wildman–Crippen LogP) is 2.49. The van der Waals surface area contributed by atoms with E-state index in [1.807, 2.05) is 30.3 Å². The molecule has 3 aliphatic rings. The second kappa shape index (κ2) is 7.73. The number of benzene rings is 2. The Morgan fingerprint density at radius 2 is 1.38 bits per heavy atom. The first kappa shape index (κ1) is 18.5. The highest BCUT2D eigenvalue weighted by Gasteiger charge is 2.43. The van der Waals surface area contributed by atoms with Gasteiger partial charge in [0.05, 0.1) is 18.2 Å². The average Bonchev–Trinajstić information content (AvgIpc) is 3.08. The summed E-state index contributed by atoms with van der Waals surface area (Å²) in [6.45, 7) is 3.64. The van der Waals surface area contributed by atoms with Gasteiger partial charge in [-0.25, -0.2) is 4.90 Å². The van der Waals surface area contributed by atoms with E-state index in [1.54, 1.807) is 0 Å². The van der Waals surface area contributed by atoms with Crippen LogP contribution in [-0.4, -0.2) is 59.9 Å². The zero-order valence-corrected chi connectivity index (χ0v) is 16.7. The first-order valence-corrected chi connectivity index (χ1v) is 10.7. The molecule has 0 N–H and O–H groups in total. The van der Waals surface area contributed by atoms with Crippen LogP contribution in [0.4, 0.5) is 5.69 Å². The molecular weight excluding hydrogens is 362 g/mol. The van der Waals surface area contributed by atoms with Crippen LogP contribution in [0.2, 0.25) is 0 Å². The molecule has 0 bridgehead atoms. The Bertz CT molecular complexity index is 905. The molecule has 2 atom stereocenters. The molecule has 2 heterocycles. The van der Waals surface area contributed by atoms with Crippen molar-refractivity contribution in [1.82, 2.24) is 9.80 Å². The van der Waals surface area contributed by atoms with Crippen molar-refractivity contribution in [2.75, 3.05) is 31.1 Å². The van der Waals surface area contributed by atoms with Gasteiger partial charge in [0, 0.05) is 32.2 Å². The van der Waals surface area contributed by atoms with Gasteiger partial charge in [-0.3, -0.25) is 19.4 Å². The van der Waals surface area contributed by atoms with Crippen molar-refractivity contribution in [1.29, 1.82) is 0 Å². The van der Waals surface area contributed by atoms with Crippen molar-refractivity contribution in [3.05, 3.63) is 65.7 Å². The lowest BCUT2D eigenvalue weighted by molar-refractivity contribution is -0.123. The Balaban J connectivity index is 1.21. The molecule has 2 amide bonds. The molecule has 29 heavy (non-hydrogen) atoms. The van der Waals surface area contributed by atoms with E-state index < -0.39 is 0 Å². The standard InChI is InChI=1S/C24H27N3O2/c28-23-17-22(24(29)27(23)20-8-2-1-3-9-20)26-14-12-25(13-15-26)21-11-10-18-6-4-5-7-19(18)16-21/h1-9,21-22H,10-17H2/t21-,22+/m0/s1. The number of piperazine rings is 1. The maximum absolute atomic E-state index is 13.0. The first-order valence-electron chi connectivity index (χ1n) is 10.7. The number of fused-ring (bicyclic) bond motifs is 1. The summed E-state index contributed by atoms with van der Waals surface area (Å²) in [5.41, 5.74) is 3.67. The van der Waals surface area contributed by atoms with Gasteiger partial charge in [-0.05, 0) is 42.5 Å². The number of anilines is 1. The van der Waals surface area contributed by atoms with Crippen LogP contribution >= 0.6 is 0 Å². The molecule has 5 rings (SSSR count). The number of aryl methyl sites for hydroxylation is 1. The van der Waals surface area contributed by atoms with Gasteiger partial charge in [0.15, 0.2) is 0 Å². The predicted molar refractivity (Wildman–Crippen MR) is 113 cm³/mol. The molecule has 5 nitrogen and oxygen atoms in total. The van der Waals surface area contributed by atoms with E-state index in [1.165, 1.54) is 22.4 Å². The molecule has 1 aliphatic carbocycles. The maximum atomic E-state index is 13.0. The third-order valence-corrected chi connectivity index (χ3v) is 6.76. The summed E-state index contributed by atoms with van der Waals surface area (Å²) in [5.74, 6) is -0.154. The van der Waals surface area contributed by atoms with Crippen molar-refractivity contribution in [3.63, 3.8) is 0 Å². The third kappa shape index (κ3) is 3.49. The molecule has 2 aromatic rings. The Labute approximate surface area is 171 Å². The normalized spacial score (nSPS) is 26.0. The van der Waals surface area contributed by atoms with Gasteiger partial charge in [0.1, 0.15) is 0 Å². The second-order valence-electron chi connectivity index (χ2n) is 8.36. The van der Waals surface area contributed by atoms with E-state index in [-0.39, 0.29) is 17.9 Å². The topological polar surface area (TPSA) is 43.9 Å². The number of imide groups is 1. The lowest BCUT2D eigenvalue weighted by Crippen LogP contribution is -2.55. The van der Waals surface area contributed by atoms with Gasteiger partial charge >= 0.3 is 0 Å². The number of nitrogens with zero attached hydrogens (tertiary/aromatic N) is 3. The number of para-hydroxylation sites is 1. The Morgan fingerprint density at radius 3 is 2.14 bits per heavy atom. The summed E-state index contributed by atoms with van der Waals surface area (Å²) in [4.78, 5) is 31.7. The maximum Gasteiger partial charge on any atom is 0.251 e.